The molecule has 1 unspecified atom stereocenters. The molecule has 0 saturated carbocycles. The largest absolute Gasteiger partial charge is 0.341 e. The highest BCUT2D eigenvalue weighted by atomic mass is 16.1. The van der Waals surface area contributed by atoms with Gasteiger partial charge in [-0.05, 0) is 39.0 Å². The van der Waals surface area contributed by atoms with E-state index in [-0.39, 0.29) is 11.9 Å². The lowest BCUT2D eigenvalue weighted by Crippen LogP contribution is -2.30. The lowest BCUT2D eigenvalue weighted by atomic mass is 10.1. The van der Waals surface area contributed by atoms with Gasteiger partial charge in [-0.3, -0.25) is 4.79 Å². The first-order valence-electron chi connectivity index (χ1n) is 10.0. The Morgan fingerprint density at radius 3 is 1.96 bits per heavy atom. The SMILES string of the molecule is CCCCCCCCC=CCCCCCCCC(=O)NC(C)C#N. The van der Waals surface area contributed by atoms with Crippen molar-refractivity contribution in [2.45, 2.75) is 110 Å². The first-order valence-corrected chi connectivity index (χ1v) is 10.0. The van der Waals surface area contributed by atoms with Crippen LogP contribution in [-0.2, 0) is 4.79 Å². The summed E-state index contributed by atoms with van der Waals surface area (Å²) in [6, 6.07) is 1.64. The topological polar surface area (TPSA) is 52.9 Å². The molecule has 138 valence electrons. The minimum atomic E-state index is -0.374. The van der Waals surface area contributed by atoms with Gasteiger partial charge >= 0.3 is 0 Å². The summed E-state index contributed by atoms with van der Waals surface area (Å²) in [6.07, 6.45) is 21.6. The highest BCUT2D eigenvalue weighted by Crippen LogP contribution is 2.09. The summed E-state index contributed by atoms with van der Waals surface area (Å²) >= 11 is 0. The number of unbranched alkanes of at least 4 members (excludes halogenated alkanes) is 11. The Balaban J connectivity index is 3.23. The van der Waals surface area contributed by atoms with Gasteiger partial charge in [-0.15, -0.1) is 0 Å². The number of hydrogen-bond donors (Lipinski definition) is 1. The summed E-state index contributed by atoms with van der Waals surface area (Å²) in [5.74, 6) is 0.00155. The minimum Gasteiger partial charge on any atom is -0.341 e. The number of carbonyl (C=O) groups excluding carboxylic acids is 1. The van der Waals surface area contributed by atoms with Crippen molar-refractivity contribution in [2.75, 3.05) is 0 Å². The minimum absolute atomic E-state index is 0.00155. The van der Waals surface area contributed by atoms with E-state index in [0.717, 1.165) is 12.8 Å². The predicted octanol–water partition coefficient (Wildman–Crippen LogP) is 6.05. The van der Waals surface area contributed by atoms with Gasteiger partial charge in [-0.25, -0.2) is 0 Å². The fourth-order valence-corrected chi connectivity index (χ4v) is 2.70. The molecule has 0 aliphatic heterocycles. The van der Waals surface area contributed by atoms with Crippen molar-refractivity contribution in [3.63, 3.8) is 0 Å². The first-order chi connectivity index (χ1) is 11.7. The Morgan fingerprint density at radius 2 is 1.42 bits per heavy atom. The highest BCUT2D eigenvalue weighted by molar-refractivity contribution is 5.76. The molecule has 1 atom stereocenters. The Kier molecular flexibility index (Phi) is 17.1. The molecular weight excluding hydrogens is 296 g/mol. The standard InChI is InChI=1S/C21H38N2O/c1-3-4-5-6-7-8-9-10-11-12-13-14-15-16-17-18-21(24)23-20(2)19-22/h10-11,20H,3-9,12-18H2,1-2H3,(H,23,24). The van der Waals surface area contributed by atoms with Crippen molar-refractivity contribution < 1.29 is 4.79 Å². The van der Waals surface area contributed by atoms with Crippen LogP contribution >= 0.6 is 0 Å². The molecule has 1 amide bonds. The van der Waals surface area contributed by atoms with E-state index in [9.17, 15) is 4.79 Å². The van der Waals surface area contributed by atoms with Crippen LogP contribution in [0.2, 0.25) is 0 Å². The third kappa shape index (κ3) is 17.1. The molecule has 0 saturated heterocycles. The van der Waals surface area contributed by atoms with Crippen molar-refractivity contribution in [3.05, 3.63) is 12.2 Å². The molecule has 24 heavy (non-hydrogen) atoms. The average Bonchev–Trinajstić information content (AvgIpc) is 2.58. The number of hydrogen-bond acceptors (Lipinski definition) is 2. The van der Waals surface area contributed by atoms with Gasteiger partial charge in [0.2, 0.25) is 5.91 Å². The maximum atomic E-state index is 11.5. The number of nitrogens with one attached hydrogen (secondary N) is 1. The maximum Gasteiger partial charge on any atom is 0.221 e. The third-order valence-electron chi connectivity index (χ3n) is 4.24. The summed E-state index contributed by atoms with van der Waals surface area (Å²) in [5, 5.41) is 11.3. The smallest absolute Gasteiger partial charge is 0.221 e. The van der Waals surface area contributed by atoms with Crippen LogP contribution in [-0.4, -0.2) is 11.9 Å². The van der Waals surface area contributed by atoms with Crippen LogP contribution in [0, 0.1) is 11.3 Å². The fourth-order valence-electron chi connectivity index (χ4n) is 2.70. The lowest BCUT2D eigenvalue weighted by Gasteiger charge is -2.05. The molecule has 3 heteroatoms. The molecule has 0 radical (unpaired) electrons. The summed E-state index contributed by atoms with van der Waals surface area (Å²) in [4.78, 5) is 11.5. The molecule has 0 aliphatic rings. The van der Waals surface area contributed by atoms with Crippen LogP contribution in [0.15, 0.2) is 12.2 Å². The van der Waals surface area contributed by atoms with E-state index in [4.69, 9.17) is 5.26 Å². The van der Waals surface area contributed by atoms with E-state index in [2.05, 4.69) is 24.4 Å². The van der Waals surface area contributed by atoms with Crippen LogP contribution < -0.4 is 5.32 Å². The lowest BCUT2D eigenvalue weighted by molar-refractivity contribution is -0.121. The van der Waals surface area contributed by atoms with Crippen molar-refractivity contribution in [3.8, 4) is 6.07 Å². The molecular formula is C21H38N2O. The van der Waals surface area contributed by atoms with Gasteiger partial charge in [0.05, 0.1) is 6.07 Å². The van der Waals surface area contributed by atoms with Gasteiger partial charge in [0, 0.05) is 6.42 Å². The van der Waals surface area contributed by atoms with E-state index in [0.29, 0.717) is 6.42 Å². The predicted molar refractivity (Wildman–Crippen MR) is 103 cm³/mol. The second kappa shape index (κ2) is 18.0. The molecule has 3 nitrogen and oxygen atoms in total. The quantitative estimate of drug-likeness (QED) is 0.276. The number of nitriles is 1. The van der Waals surface area contributed by atoms with Crippen molar-refractivity contribution in [1.29, 1.82) is 5.26 Å². The second-order valence-corrected chi connectivity index (χ2v) is 6.75. The molecule has 0 aromatic heterocycles. The Labute approximate surface area is 149 Å². The van der Waals surface area contributed by atoms with Gasteiger partial charge in [0.15, 0.2) is 0 Å². The fraction of sp³-hybridized carbons (Fsp3) is 0.810. The van der Waals surface area contributed by atoms with Crippen LogP contribution in [0.3, 0.4) is 0 Å². The molecule has 0 aromatic carbocycles. The summed E-state index contributed by atoms with van der Waals surface area (Å²) in [6.45, 7) is 3.97. The molecule has 0 bridgehead atoms. The van der Waals surface area contributed by atoms with Crippen LogP contribution in [0.25, 0.3) is 0 Å². The monoisotopic (exact) mass is 334 g/mol. The number of amides is 1. The van der Waals surface area contributed by atoms with Crippen LogP contribution in [0.5, 0.6) is 0 Å². The molecule has 0 rings (SSSR count). The molecule has 0 spiro atoms. The van der Waals surface area contributed by atoms with Gasteiger partial charge in [0.25, 0.3) is 0 Å². The van der Waals surface area contributed by atoms with E-state index in [1.54, 1.807) is 6.92 Å². The highest BCUT2D eigenvalue weighted by Gasteiger charge is 2.04. The number of nitrogens with zero attached hydrogens (tertiary/aromatic N) is 1. The van der Waals surface area contributed by atoms with Crippen molar-refractivity contribution >= 4 is 5.91 Å². The first kappa shape index (κ1) is 22.7. The molecule has 0 aliphatic carbocycles. The molecule has 0 fully saturated rings. The zero-order chi connectivity index (χ0) is 17.9. The summed E-state index contributed by atoms with van der Waals surface area (Å²) < 4.78 is 0. The van der Waals surface area contributed by atoms with E-state index >= 15 is 0 Å². The van der Waals surface area contributed by atoms with Gasteiger partial charge in [0.1, 0.15) is 6.04 Å². The van der Waals surface area contributed by atoms with Crippen molar-refractivity contribution in [2.24, 2.45) is 0 Å². The molecule has 1 N–H and O–H groups in total. The number of rotatable bonds is 16. The second-order valence-electron chi connectivity index (χ2n) is 6.75. The van der Waals surface area contributed by atoms with Gasteiger partial charge in [-0.1, -0.05) is 70.4 Å². The Bertz CT molecular complexity index is 357. The zero-order valence-corrected chi connectivity index (χ0v) is 16.0. The maximum absolute atomic E-state index is 11.5. The van der Waals surface area contributed by atoms with Gasteiger partial charge < -0.3 is 5.32 Å². The van der Waals surface area contributed by atoms with Crippen molar-refractivity contribution in [1.82, 2.24) is 5.32 Å². The summed E-state index contributed by atoms with van der Waals surface area (Å²) in [7, 11) is 0. The normalized spacial score (nSPS) is 12.2. The molecule has 0 heterocycles. The van der Waals surface area contributed by atoms with E-state index < -0.39 is 0 Å². The van der Waals surface area contributed by atoms with Crippen LogP contribution in [0.1, 0.15) is 104 Å². The zero-order valence-electron chi connectivity index (χ0n) is 16.0. The average molecular weight is 335 g/mol. The molecule has 0 aromatic rings. The number of carbonyl (C=O) groups is 1. The Hall–Kier alpha value is -1.30. The van der Waals surface area contributed by atoms with Gasteiger partial charge in [-0.2, -0.15) is 5.26 Å². The summed E-state index contributed by atoms with van der Waals surface area (Å²) in [5.41, 5.74) is 0. The van der Waals surface area contributed by atoms with E-state index in [1.807, 2.05) is 6.07 Å². The Morgan fingerprint density at radius 1 is 0.917 bits per heavy atom. The van der Waals surface area contributed by atoms with E-state index in [1.165, 1.54) is 70.6 Å². The van der Waals surface area contributed by atoms with Crippen LogP contribution in [0.4, 0.5) is 0 Å². The number of allylic oxidation sites excluding steroid dienone is 2. The third-order valence-corrected chi connectivity index (χ3v) is 4.24.